The zero-order chi connectivity index (χ0) is 45.5. The number of methoxy groups -OCH3 is 1. The minimum absolute atomic E-state index is 0.0508. The Morgan fingerprint density at radius 2 is 1.52 bits per heavy atom. The summed E-state index contributed by atoms with van der Waals surface area (Å²) in [5.74, 6) is 2.84. The smallest absolute Gasteiger partial charge is 0.421 e. The van der Waals surface area contributed by atoms with E-state index in [9.17, 15) is 14.7 Å². The third kappa shape index (κ3) is 8.52. The summed E-state index contributed by atoms with van der Waals surface area (Å²) in [4.78, 5) is 78.7. The van der Waals surface area contributed by atoms with Gasteiger partial charge in [0.1, 0.15) is 36.5 Å². The van der Waals surface area contributed by atoms with E-state index in [1.54, 1.807) is 47.4 Å². The number of carbonyl (C=O) groups is 5. The number of primary amides is 1. The van der Waals surface area contributed by atoms with E-state index in [4.69, 9.17) is 24.7 Å². The van der Waals surface area contributed by atoms with E-state index >= 15 is 14.4 Å². The first-order valence-corrected chi connectivity index (χ1v) is 22.1. The number of para-hydroxylation sites is 1. The number of hydrogen-bond donors (Lipinski definition) is 3. The molecule has 1 spiro atoms. The van der Waals surface area contributed by atoms with Crippen molar-refractivity contribution in [2.75, 3.05) is 58.1 Å². The van der Waals surface area contributed by atoms with Crippen LogP contribution in [0, 0.1) is 17.8 Å². The molecule has 0 saturated carbocycles. The van der Waals surface area contributed by atoms with Crippen LogP contribution >= 0.6 is 0 Å². The molecular weight excluding hydrogens is 831 g/mol. The van der Waals surface area contributed by atoms with E-state index in [0.717, 1.165) is 42.6 Å². The number of urea groups is 1. The van der Waals surface area contributed by atoms with Gasteiger partial charge in [-0.25, -0.2) is 14.5 Å². The molecule has 3 fully saturated rings. The third-order valence-electron chi connectivity index (χ3n) is 12.7. The first kappa shape index (κ1) is 44.9. The fourth-order valence-electron chi connectivity index (χ4n) is 10.1. The normalized spacial score (nSPS) is 23.9. The van der Waals surface area contributed by atoms with Gasteiger partial charge in [-0.1, -0.05) is 110 Å². The number of carbonyl (C=O) groups excluding carboxylic acids is 5. The summed E-state index contributed by atoms with van der Waals surface area (Å²) in [7, 11) is 1.46. The van der Waals surface area contributed by atoms with Crippen LogP contribution in [0.15, 0.2) is 103 Å². The molecule has 5 amide bonds. The SMILES string of the molecule is COCCOC(=O)N1C(=O)[C@@]2(c3cc(C#CCNC(N)=O)ccc31)[C@H](c1ccccc1OCCO)N1[C@H](c3ccccc3)[C@H](c3ccccc3)OC(=O)[C@H]1[C@@H]2C(=O)N1CCCCCCC1. The molecule has 3 saturated heterocycles. The van der Waals surface area contributed by atoms with Gasteiger partial charge in [0.15, 0.2) is 0 Å². The fourth-order valence-corrected chi connectivity index (χ4v) is 10.1. The number of fused-ring (bicyclic) bond motifs is 3. The molecule has 0 aliphatic carbocycles. The second kappa shape index (κ2) is 20.0. The largest absolute Gasteiger partial charge is 0.491 e. The van der Waals surface area contributed by atoms with Gasteiger partial charge < -0.3 is 40.0 Å². The number of cyclic esters (lactones) is 1. The second-order valence-corrected chi connectivity index (χ2v) is 16.5. The van der Waals surface area contributed by atoms with Crippen LogP contribution in [0.3, 0.4) is 0 Å². The maximum Gasteiger partial charge on any atom is 0.421 e. The Bertz CT molecular complexity index is 2450. The number of ether oxygens (including phenoxy) is 4. The number of rotatable bonds is 11. The second-order valence-electron chi connectivity index (χ2n) is 16.5. The average molecular weight is 884 g/mol. The van der Waals surface area contributed by atoms with Gasteiger partial charge in [-0.2, -0.15) is 0 Å². The number of likely N-dealkylation sites (tertiary alicyclic amines) is 1. The van der Waals surface area contributed by atoms with Crippen molar-refractivity contribution in [3.8, 4) is 17.6 Å². The lowest BCUT2D eigenvalue weighted by molar-refractivity contribution is -0.179. The summed E-state index contributed by atoms with van der Waals surface area (Å²) < 4.78 is 23.8. The van der Waals surface area contributed by atoms with Gasteiger partial charge in [0.2, 0.25) is 11.8 Å². The maximum atomic E-state index is 16.4. The highest BCUT2D eigenvalue weighted by Crippen LogP contribution is 2.67. The van der Waals surface area contributed by atoms with Crippen molar-refractivity contribution in [1.82, 2.24) is 15.1 Å². The highest BCUT2D eigenvalue weighted by Gasteiger charge is 2.76. The summed E-state index contributed by atoms with van der Waals surface area (Å²) in [6.07, 6.45) is 2.34. The van der Waals surface area contributed by atoms with Gasteiger partial charge in [-0.3, -0.25) is 19.3 Å². The van der Waals surface area contributed by atoms with Crippen LogP contribution in [0.1, 0.15) is 78.1 Å². The number of imide groups is 1. The molecule has 0 unspecified atom stereocenters. The van der Waals surface area contributed by atoms with E-state index in [1.165, 1.54) is 7.11 Å². The molecule has 338 valence electrons. The quantitative estimate of drug-likeness (QED) is 0.100. The van der Waals surface area contributed by atoms with Crippen LogP contribution in [0.25, 0.3) is 0 Å². The van der Waals surface area contributed by atoms with Gasteiger partial charge in [-0.05, 0) is 53.8 Å². The number of morpholine rings is 1. The molecule has 4 N–H and O–H groups in total. The van der Waals surface area contributed by atoms with Crippen LogP contribution in [0.2, 0.25) is 0 Å². The number of aliphatic hydroxyl groups is 1. The molecule has 4 aromatic rings. The van der Waals surface area contributed by atoms with E-state index < -0.39 is 65.5 Å². The van der Waals surface area contributed by atoms with Gasteiger partial charge >= 0.3 is 18.1 Å². The van der Waals surface area contributed by atoms with Crippen molar-refractivity contribution < 1.29 is 48.0 Å². The molecule has 15 nitrogen and oxygen atoms in total. The minimum Gasteiger partial charge on any atom is -0.491 e. The molecule has 4 aliphatic rings. The highest BCUT2D eigenvalue weighted by atomic mass is 16.6. The number of nitrogens with zero attached hydrogens (tertiary/aromatic N) is 3. The standard InChI is InChI=1S/C50H53N5O10/c1-62-30-31-64-49(61)54-38-24-23-33(16-15-25-52-48(51)60)32-37(38)50(47(54)59)40(45(57)53-26-13-3-2-4-14-27-53)42-46(58)65-43(35-19-9-6-10-20-35)41(34-17-7-5-8-18-34)55(42)44(50)36-21-11-12-22-39(36)63-29-28-56/h5-12,17-24,32,40-44,56H,2-4,13-14,25-31H2,1H3,(H3,51,52,60)/t40-,41-,42-,43+,44+,50-/m1/s1. The van der Waals surface area contributed by atoms with E-state index in [-0.39, 0.29) is 44.2 Å². The first-order valence-electron chi connectivity index (χ1n) is 22.1. The lowest BCUT2D eigenvalue weighted by Gasteiger charge is -2.46. The Hall–Kier alpha value is -6.73. The molecule has 65 heavy (non-hydrogen) atoms. The third-order valence-corrected chi connectivity index (χ3v) is 12.7. The van der Waals surface area contributed by atoms with Crippen LogP contribution in [-0.4, -0.2) is 104 Å². The molecule has 6 atom stereocenters. The van der Waals surface area contributed by atoms with Gasteiger partial charge in [-0.15, -0.1) is 0 Å². The van der Waals surface area contributed by atoms with Crippen molar-refractivity contribution in [3.63, 3.8) is 0 Å². The summed E-state index contributed by atoms with van der Waals surface area (Å²) >= 11 is 0. The predicted octanol–water partition coefficient (Wildman–Crippen LogP) is 5.32. The zero-order valence-electron chi connectivity index (χ0n) is 36.2. The Morgan fingerprint density at radius 3 is 2.22 bits per heavy atom. The van der Waals surface area contributed by atoms with Crippen molar-refractivity contribution in [2.24, 2.45) is 11.7 Å². The number of esters is 1. The van der Waals surface area contributed by atoms with E-state index in [2.05, 4.69) is 17.2 Å². The monoisotopic (exact) mass is 883 g/mol. The van der Waals surface area contributed by atoms with Gasteiger partial charge in [0.25, 0.3) is 0 Å². The minimum atomic E-state index is -2.06. The van der Waals surface area contributed by atoms with Crippen molar-refractivity contribution in [2.45, 2.75) is 61.7 Å². The summed E-state index contributed by atoms with van der Waals surface area (Å²) in [5.41, 5.74) is 5.93. The number of aliphatic hydroxyl groups excluding tert-OH is 1. The molecule has 4 aromatic carbocycles. The topological polar surface area (TPSA) is 190 Å². The van der Waals surface area contributed by atoms with Crippen molar-refractivity contribution in [1.29, 1.82) is 0 Å². The molecular formula is C50H53N5O10. The van der Waals surface area contributed by atoms with Crippen LogP contribution in [0.5, 0.6) is 5.75 Å². The first-order chi connectivity index (χ1) is 31.7. The number of nitrogens with one attached hydrogen (secondary N) is 1. The zero-order valence-corrected chi connectivity index (χ0v) is 36.2. The van der Waals surface area contributed by atoms with E-state index in [1.807, 2.05) is 65.6 Å². The van der Waals surface area contributed by atoms with Crippen molar-refractivity contribution in [3.05, 3.63) is 131 Å². The van der Waals surface area contributed by atoms with Gasteiger partial charge in [0, 0.05) is 31.3 Å². The number of hydrogen-bond acceptors (Lipinski definition) is 11. The summed E-state index contributed by atoms with van der Waals surface area (Å²) in [6, 6.07) is 26.7. The maximum absolute atomic E-state index is 16.4. The lowest BCUT2D eigenvalue weighted by Crippen LogP contribution is -2.56. The molecule has 8 rings (SSSR count). The predicted molar refractivity (Wildman–Crippen MR) is 238 cm³/mol. The Labute approximate surface area is 377 Å². The van der Waals surface area contributed by atoms with Crippen LogP contribution in [-0.2, 0) is 34.0 Å². The molecule has 4 heterocycles. The molecule has 0 bridgehead atoms. The number of benzene rings is 4. The number of amides is 5. The number of anilines is 1. The Balaban J connectivity index is 1.47. The van der Waals surface area contributed by atoms with Crippen LogP contribution in [0.4, 0.5) is 15.3 Å². The van der Waals surface area contributed by atoms with Crippen LogP contribution < -0.4 is 20.7 Å². The lowest BCUT2D eigenvalue weighted by atomic mass is 9.64. The highest BCUT2D eigenvalue weighted by molar-refractivity contribution is 6.23. The van der Waals surface area contributed by atoms with Gasteiger partial charge in [0.05, 0.1) is 43.4 Å². The molecule has 15 heteroatoms. The molecule has 4 aliphatic heterocycles. The molecule has 0 aromatic heterocycles. The fraction of sp³-hybridized carbons (Fsp3) is 0.380. The number of nitrogens with two attached hydrogens (primary N) is 1. The molecule has 0 radical (unpaired) electrons. The Morgan fingerprint density at radius 1 is 0.846 bits per heavy atom. The van der Waals surface area contributed by atoms with Crippen molar-refractivity contribution >= 4 is 35.6 Å². The summed E-state index contributed by atoms with van der Waals surface area (Å²) in [5, 5.41) is 12.5. The average Bonchev–Trinajstić information content (AvgIpc) is 3.76. The van der Waals surface area contributed by atoms with E-state index in [0.29, 0.717) is 35.5 Å². The Kier molecular flexibility index (Phi) is 13.8. The summed E-state index contributed by atoms with van der Waals surface area (Å²) in [6.45, 7) is 0.159.